The fraction of sp³-hybridized carbons (Fsp3) is 0.200. The second-order valence-corrected chi connectivity index (χ2v) is 7.28. The van der Waals surface area contributed by atoms with E-state index in [1.165, 1.54) is 6.20 Å². The third-order valence-electron chi connectivity index (χ3n) is 5.01. The second-order valence-electron chi connectivity index (χ2n) is 7.28. The van der Waals surface area contributed by atoms with Gasteiger partial charge in [0.05, 0.1) is 18.4 Å². The predicted octanol–water partition coefficient (Wildman–Crippen LogP) is 5.24. The van der Waals surface area contributed by atoms with Crippen LogP contribution < -0.4 is 10.5 Å². The molecule has 0 atom stereocenters. The topological polar surface area (TPSA) is 98.6 Å². The number of furan rings is 1. The lowest BCUT2D eigenvalue weighted by Gasteiger charge is -2.13. The van der Waals surface area contributed by atoms with Crippen molar-refractivity contribution < 1.29 is 23.4 Å². The summed E-state index contributed by atoms with van der Waals surface area (Å²) in [5.74, 6) is -0.903. The van der Waals surface area contributed by atoms with Crippen molar-refractivity contribution in [1.82, 2.24) is 4.98 Å². The molecule has 7 heteroatoms. The van der Waals surface area contributed by atoms with Gasteiger partial charge in [-0.05, 0) is 48.4 Å². The molecule has 0 aliphatic carbocycles. The van der Waals surface area contributed by atoms with Crippen LogP contribution in [0, 0.1) is 12.7 Å². The number of aryl methyl sites for hydroxylation is 1. The van der Waals surface area contributed by atoms with Gasteiger partial charge < -0.3 is 20.0 Å². The molecule has 0 amide bonds. The van der Waals surface area contributed by atoms with Gasteiger partial charge in [-0.1, -0.05) is 19.6 Å². The Kier molecular flexibility index (Phi) is 6.90. The molecule has 0 saturated heterocycles. The van der Waals surface area contributed by atoms with Gasteiger partial charge in [-0.15, -0.1) is 0 Å². The molecule has 4 rings (SSSR count). The first-order chi connectivity index (χ1) is 15.0. The van der Waals surface area contributed by atoms with Crippen LogP contribution in [0.25, 0.3) is 22.1 Å². The molecule has 0 spiro atoms. The molecule has 2 aromatic carbocycles. The van der Waals surface area contributed by atoms with E-state index in [0.717, 1.165) is 16.5 Å². The van der Waals surface area contributed by atoms with Crippen LogP contribution in [0.15, 0.2) is 59.3 Å². The summed E-state index contributed by atoms with van der Waals surface area (Å²) in [6, 6.07) is 12.5. The molecule has 2 heterocycles. The number of ether oxygens (including phenoxy) is 1. The van der Waals surface area contributed by atoms with Gasteiger partial charge in [0.15, 0.2) is 5.82 Å². The smallest absolute Gasteiger partial charge is 0.307 e. The predicted molar refractivity (Wildman–Crippen MR) is 121 cm³/mol. The third kappa shape index (κ3) is 4.63. The van der Waals surface area contributed by atoms with Crippen molar-refractivity contribution in [2.45, 2.75) is 33.9 Å². The molecular weight excluding hydrogens is 411 g/mol. The molecule has 32 heavy (non-hydrogen) atoms. The number of pyridine rings is 1. The number of hydrogen-bond donors (Lipinski definition) is 2. The van der Waals surface area contributed by atoms with E-state index in [2.05, 4.69) is 4.98 Å². The summed E-state index contributed by atoms with van der Waals surface area (Å²) in [6.45, 7) is 2.08. The van der Waals surface area contributed by atoms with Crippen molar-refractivity contribution in [3.05, 3.63) is 83.1 Å². The normalized spacial score (nSPS) is 10.7. The minimum Gasteiger partial charge on any atom is -0.489 e. The fourth-order valence-electron chi connectivity index (χ4n) is 3.53. The summed E-state index contributed by atoms with van der Waals surface area (Å²) >= 11 is 0. The van der Waals surface area contributed by atoms with Gasteiger partial charge in [0.1, 0.15) is 17.9 Å². The van der Waals surface area contributed by atoms with Crippen molar-refractivity contribution >= 4 is 16.9 Å². The number of carboxylic acids is 1. The first-order valence-electron chi connectivity index (χ1n) is 9.74. The van der Waals surface area contributed by atoms with Crippen molar-refractivity contribution in [3.63, 3.8) is 0 Å². The van der Waals surface area contributed by atoms with E-state index in [9.17, 15) is 9.18 Å². The Hall–Kier alpha value is -3.71. The van der Waals surface area contributed by atoms with Crippen LogP contribution in [0.3, 0.4) is 0 Å². The van der Waals surface area contributed by atoms with Crippen LogP contribution in [-0.2, 0) is 24.4 Å². The first-order valence-corrected chi connectivity index (χ1v) is 9.74. The van der Waals surface area contributed by atoms with Crippen molar-refractivity contribution in [2.24, 2.45) is 5.73 Å². The number of carboxylic acid groups (broad SMARTS) is 1. The second kappa shape index (κ2) is 9.62. The number of rotatable bonds is 7. The van der Waals surface area contributed by atoms with Crippen LogP contribution in [0.1, 0.15) is 29.8 Å². The average molecular weight is 436 g/mol. The number of aliphatic carboxylic acids is 1. The lowest BCUT2D eigenvalue weighted by molar-refractivity contribution is -0.136. The molecule has 2 aromatic heterocycles. The highest BCUT2D eigenvalue weighted by Crippen LogP contribution is 2.34. The number of nitrogens with two attached hydrogens (primary N) is 1. The molecule has 0 bridgehead atoms. The minimum atomic E-state index is -0.931. The summed E-state index contributed by atoms with van der Waals surface area (Å²) < 4.78 is 26.5. The van der Waals surface area contributed by atoms with Gasteiger partial charge in [0.2, 0.25) is 0 Å². The zero-order chi connectivity index (χ0) is 22.0. The van der Waals surface area contributed by atoms with Crippen LogP contribution >= 0.6 is 0 Å². The van der Waals surface area contributed by atoms with Crippen LogP contribution in [0.2, 0.25) is 0 Å². The number of benzene rings is 2. The monoisotopic (exact) mass is 436 g/mol. The van der Waals surface area contributed by atoms with Crippen LogP contribution in [-0.4, -0.2) is 16.1 Å². The summed E-state index contributed by atoms with van der Waals surface area (Å²) in [5.41, 5.74) is 9.60. The number of aromatic nitrogens is 1. The van der Waals surface area contributed by atoms with E-state index in [0.29, 0.717) is 28.0 Å². The van der Waals surface area contributed by atoms with Gasteiger partial charge in [-0.25, -0.2) is 4.39 Å². The van der Waals surface area contributed by atoms with Crippen LogP contribution in [0.4, 0.5) is 4.39 Å². The largest absolute Gasteiger partial charge is 0.489 e. The molecule has 4 aromatic rings. The molecule has 166 valence electrons. The Morgan fingerprint density at radius 2 is 2.00 bits per heavy atom. The zero-order valence-corrected chi connectivity index (χ0v) is 16.9. The Labute approximate surface area is 185 Å². The van der Waals surface area contributed by atoms with E-state index < -0.39 is 11.8 Å². The van der Waals surface area contributed by atoms with Crippen LogP contribution in [0.5, 0.6) is 5.75 Å². The lowest BCUT2D eigenvalue weighted by Crippen LogP contribution is -2.05. The highest BCUT2D eigenvalue weighted by Gasteiger charge is 2.16. The Balaban J connectivity index is 0.00000289. The van der Waals surface area contributed by atoms with E-state index in [1.807, 2.05) is 25.1 Å². The van der Waals surface area contributed by atoms with Gasteiger partial charge in [-0.3, -0.25) is 9.78 Å². The summed E-state index contributed by atoms with van der Waals surface area (Å²) in [4.78, 5) is 15.2. The SMILES string of the molecule is C.Cc1ccc(CC(=O)O)c(OCc2cc(-c3ccnc(CN)c3F)c3occc3c2)c1. The maximum absolute atomic E-state index is 14.9. The highest BCUT2D eigenvalue weighted by molar-refractivity contribution is 5.93. The molecule has 0 saturated carbocycles. The quantitative estimate of drug-likeness (QED) is 0.411. The molecule has 3 N–H and O–H groups in total. The van der Waals surface area contributed by atoms with Crippen molar-refractivity contribution in [1.29, 1.82) is 0 Å². The molecule has 0 aliphatic heterocycles. The Morgan fingerprint density at radius 3 is 2.75 bits per heavy atom. The summed E-state index contributed by atoms with van der Waals surface area (Å²) in [5, 5.41) is 9.96. The molecular formula is C25H25FN2O4. The van der Waals surface area contributed by atoms with Crippen molar-refractivity contribution in [3.8, 4) is 16.9 Å². The number of hydrogen-bond acceptors (Lipinski definition) is 5. The maximum atomic E-state index is 14.9. The lowest BCUT2D eigenvalue weighted by atomic mass is 10.00. The Bertz CT molecular complexity index is 1270. The van der Waals surface area contributed by atoms with Gasteiger partial charge in [0, 0.05) is 34.8 Å². The highest BCUT2D eigenvalue weighted by atomic mass is 19.1. The van der Waals surface area contributed by atoms with E-state index in [-0.39, 0.29) is 32.7 Å². The molecule has 6 nitrogen and oxygen atoms in total. The molecule has 0 radical (unpaired) electrons. The average Bonchev–Trinajstić information content (AvgIpc) is 3.22. The summed E-state index contributed by atoms with van der Waals surface area (Å²) in [6.07, 6.45) is 2.93. The molecule has 0 aliphatic rings. The number of nitrogens with zero attached hydrogens (tertiary/aromatic N) is 1. The van der Waals surface area contributed by atoms with E-state index in [4.69, 9.17) is 20.0 Å². The summed E-state index contributed by atoms with van der Waals surface area (Å²) in [7, 11) is 0. The number of halogens is 1. The maximum Gasteiger partial charge on any atom is 0.307 e. The standard InChI is InChI=1S/C24H21FN2O4.CH4/c1-14-2-3-16(11-22(28)29)21(8-14)31-13-15-9-17-5-7-30-24(17)19(10-15)18-4-6-27-20(12-26)23(18)25;/h2-10H,11-13,26H2,1H3,(H,28,29);1H4. The number of fused-ring (bicyclic) bond motifs is 1. The minimum absolute atomic E-state index is 0. The van der Waals surface area contributed by atoms with E-state index >= 15 is 0 Å². The first kappa shape index (κ1) is 23.0. The van der Waals surface area contributed by atoms with E-state index in [1.54, 1.807) is 30.5 Å². The molecule has 0 unspecified atom stereocenters. The van der Waals surface area contributed by atoms with Crippen molar-refractivity contribution in [2.75, 3.05) is 0 Å². The Morgan fingerprint density at radius 1 is 1.19 bits per heavy atom. The zero-order valence-electron chi connectivity index (χ0n) is 16.9. The number of carbonyl (C=O) groups is 1. The third-order valence-corrected chi connectivity index (χ3v) is 5.01. The fourth-order valence-corrected chi connectivity index (χ4v) is 3.53. The molecule has 0 fully saturated rings. The van der Waals surface area contributed by atoms with Gasteiger partial charge in [-0.2, -0.15) is 0 Å². The van der Waals surface area contributed by atoms with Gasteiger partial charge in [0.25, 0.3) is 0 Å². The van der Waals surface area contributed by atoms with Gasteiger partial charge >= 0.3 is 5.97 Å².